The Balaban J connectivity index is 1.51. The summed E-state index contributed by atoms with van der Waals surface area (Å²) < 4.78 is 250. The van der Waals surface area contributed by atoms with Crippen molar-refractivity contribution in [3.63, 3.8) is 0 Å². The minimum absolute atomic E-state index is 0.398. The Kier molecular flexibility index (Phi) is 2.14. The maximum absolute atomic E-state index is 9.94. The smallest absolute Gasteiger partial charge is 0.136 e. The van der Waals surface area contributed by atoms with Gasteiger partial charge in [-0.05, 0) is 101 Å². The Hall–Kier alpha value is -5.66. The maximum Gasteiger partial charge on any atom is 0.136 e. The van der Waals surface area contributed by atoms with Crippen molar-refractivity contribution in [1.82, 2.24) is 0 Å². The van der Waals surface area contributed by atoms with Gasteiger partial charge in [-0.15, -0.1) is 0 Å². The van der Waals surface area contributed by atoms with Crippen LogP contribution in [0.2, 0.25) is 0 Å². The van der Waals surface area contributed by atoms with Crippen molar-refractivity contribution in [3.8, 4) is 33.4 Å². The van der Waals surface area contributed by atoms with Crippen molar-refractivity contribution in [2.24, 2.45) is 0 Å². The van der Waals surface area contributed by atoms with E-state index in [2.05, 4.69) is 0 Å². The monoisotopic (exact) mass is 613 g/mol. The molecule has 1 heteroatoms. The summed E-state index contributed by atoms with van der Waals surface area (Å²) in [7, 11) is 0. The van der Waals surface area contributed by atoms with Crippen LogP contribution in [0.4, 0.5) is 0 Å². The quantitative estimate of drug-likeness (QED) is 0.177. The van der Waals surface area contributed by atoms with Crippen molar-refractivity contribution < 1.29 is 41.4 Å². The van der Waals surface area contributed by atoms with Crippen molar-refractivity contribution in [3.05, 3.63) is 156 Å². The van der Waals surface area contributed by atoms with Crippen LogP contribution in [0.1, 0.15) is 61.9 Å². The SMILES string of the molecule is [2H]c1c([2H])c([2H])c2c(c1[2H])-c1c([2H])c([2H])c(-c3c4c([2H])c([2H])c([2H])c([2H])c4c(-c4c([2H])c([2H])c5oc6c([2H])c([2H])c7c([2H])c([2H])c([2H])c([2H])c7c6c5c4[2H])c4c([2H])c([2H])c([2H])c([2H])c34)c([2H])c1C2(C)C([2H])([2H])[2H]. The van der Waals surface area contributed by atoms with Gasteiger partial charge >= 0.3 is 0 Å². The van der Waals surface area contributed by atoms with Gasteiger partial charge < -0.3 is 4.42 Å². The topological polar surface area (TPSA) is 13.1 Å². The predicted octanol–water partition coefficient (Wildman–Crippen LogP) is 12.7. The van der Waals surface area contributed by atoms with E-state index in [1.165, 1.54) is 0 Å². The predicted molar refractivity (Wildman–Crippen MR) is 195 cm³/mol. The summed E-state index contributed by atoms with van der Waals surface area (Å²) in [6, 6.07) is -21.4. The van der Waals surface area contributed by atoms with Crippen LogP contribution in [0, 0.1) is 0 Å². The second kappa shape index (κ2) is 9.19. The van der Waals surface area contributed by atoms with E-state index in [0.717, 1.165) is 6.92 Å². The van der Waals surface area contributed by atoms with Gasteiger partial charge in [0.2, 0.25) is 0 Å². The van der Waals surface area contributed by atoms with Gasteiger partial charge in [-0.3, -0.25) is 0 Å². The van der Waals surface area contributed by atoms with Crippen molar-refractivity contribution in [1.29, 1.82) is 0 Å². The van der Waals surface area contributed by atoms with Gasteiger partial charge in [-0.25, -0.2) is 0 Å². The number of hydrogen-bond donors (Lipinski definition) is 0. The molecule has 9 aromatic rings. The Morgan fingerprint density at radius 1 is 0.500 bits per heavy atom. The average molecular weight is 614 g/mol. The van der Waals surface area contributed by atoms with Crippen LogP contribution in [0.15, 0.2) is 149 Å². The van der Waals surface area contributed by atoms with Crippen LogP contribution in [0.5, 0.6) is 0 Å². The summed E-state index contributed by atoms with van der Waals surface area (Å²) in [6.45, 7) is -2.24. The van der Waals surface area contributed by atoms with Gasteiger partial charge in [0.15, 0.2) is 0 Å². The fourth-order valence-corrected chi connectivity index (χ4v) is 6.30. The summed E-state index contributed by atoms with van der Waals surface area (Å²) in [4.78, 5) is 0. The lowest BCUT2D eigenvalue weighted by Crippen LogP contribution is -2.14. The summed E-state index contributed by atoms with van der Waals surface area (Å²) in [5.41, 5.74) is -8.99. The molecule has 1 nitrogen and oxygen atoms in total. The fraction of sp³-hybridized carbons (Fsp3) is 0.0667. The molecule has 1 heterocycles. The number of rotatable bonds is 2. The van der Waals surface area contributed by atoms with Crippen molar-refractivity contribution in [2.75, 3.05) is 0 Å². The van der Waals surface area contributed by atoms with E-state index >= 15 is 0 Å². The molecule has 0 bridgehead atoms. The zero-order valence-corrected chi connectivity index (χ0v) is 23.4. The first-order chi connectivity index (χ1) is 33.8. The molecule has 1 unspecified atom stereocenters. The van der Waals surface area contributed by atoms with E-state index in [1.807, 2.05) is 0 Å². The Bertz CT molecular complexity index is 4110. The Morgan fingerprint density at radius 2 is 1.07 bits per heavy atom. The van der Waals surface area contributed by atoms with E-state index in [4.69, 9.17) is 27.7 Å². The lowest BCUT2D eigenvalue weighted by molar-refractivity contribution is 0.660. The number of fused-ring (bicyclic) bond motifs is 10. The summed E-state index contributed by atoms with van der Waals surface area (Å²) in [5.74, 6) is 0. The molecule has 0 fully saturated rings. The third-order valence-corrected chi connectivity index (χ3v) is 8.32. The van der Waals surface area contributed by atoms with Gasteiger partial charge in [0, 0.05) is 20.3 Å². The molecule has 0 N–H and O–H groups in total. The molecule has 0 saturated carbocycles. The lowest BCUT2D eigenvalue weighted by Gasteiger charge is -2.23. The molecule has 10 rings (SSSR count). The van der Waals surface area contributed by atoms with E-state index < -0.39 is 256 Å². The van der Waals surface area contributed by atoms with E-state index in [0.29, 0.717) is 0 Å². The number of benzene rings is 8. The highest BCUT2D eigenvalue weighted by molar-refractivity contribution is 6.23. The lowest BCUT2D eigenvalue weighted by atomic mass is 9.80. The third kappa shape index (κ3) is 3.40. The molecule has 0 spiro atoms. The molecule has 0 saturated heterocycles. The van der Waals surface area contributed by atoms with Crippen molar-refractivity contribution in [2.45, 2.75) is 19.2 Å². The van der Waals surface area contributed by atoms with Crippen LogP contribution in [-0.4, -0.2) is 0 Å². The molecule has 0 amide bonds. The minimum Gasteiger partial charge on any atom is -0.456 e. The van der Waals surface area contributed by atoms with E-state index in [-0.39, 0.29) is 0 Å². The highest BCUT2D eigenvalue weighted by Crippen LogP contribution is 2.51. The van der Waals surface area contributed by atoms with Crippen LogP contribution >= 0.6 is 0 Å². The standard InChI is InChI=1S/C45H30O/c1-45(2)38-18-10-9-13-31(38)32-22-19-29(26-39(32)45)43-35-16-7-5-14-33(35)42(34-15-6-8-17-36(34)43)28-21-23-40-37(25-28)44-30-12-4-3-11-27(30)20-24-41(44)46-40/h3-26H,1-2H3/i1D3,3D,4D,5D,6D,7D,8D,9D,10D,11D,12D,13D,14D,15D,16D,17D,18D,19D,20D,21D,22D,23D,24D,25D,26D. The van der Waals surface area contributed by atoms with Crippen LogP contribution in [-0.2, 0) is 5.41 Å². The van der Waals surface area contributed by atoms with E-state index in [9.17, 15) is 13.7 Å². The maximum atomic E-state index is 9.94. The van der Waals surface area contributed by atoms with Crippen molar-refractivity contribution >= 4 is 54.3 Å². The summed E-state index contributed by atoms with van der Waals surface area (Å²) in [5, 5.41) is -4.77. The van der Waals surface area contributed by atoms with Crippen LogP contribution < -0.4 is 0 Å². The largest absolute Gasteiger partial charge is 0.456 e. The second-order valence-corrected chi connectivity index (χ2v) is 10.9. The molecule has 8 aromatic carbocycles. The average Bonchev–Trinajstić information content (AvgIpc) is 3.88. The first-order valence-electron chi connectivity index (χ1n) is 27.4. The molecule has 1 aliphatic carbocycles. The first-order valence-corrected chi connectivity index (χ1v) is 13.9. The summed E-state index contributed by atoms with van der Waals surface area (Å²) in [6.07, 6.45) is 0. The zero-order valence-electron chi connectivity index (χ0n) is 50.4. The zero-order chi connectivity index (χ0) is 54.0. The Morgan fingerprint density at radius 3 is 1.78 bits per heavy atom. The second-order valence-electron chi connectivity index (χ2n) is 10.9. The third-order valence-electron chi connectivity index (χ3n) is 8.32. The molecule has 216 valence electrons. The first kappa shape index (κ1) is 10.7. The van der Waals surface area contributed by atoms with Crippen LogP contribution in [0.3, 0.4) is 0 Å². The molecule has 0 radical (unpaired) electrons. The minimum atomic E-state index is -3.29. The van der Waals surface area contributed by atoms with Gasteiger partial charge in [0.1, 0.15) is 11.2 Å². The molecular weight excluding hydrogens is 556 g/mol. The van der Waals surface area contributed by atoms with Crippen LogP contribution in [0.25, 0.3) is 87.6 Å². The molecule has 46 heavy (non-hydrogen) atoms. The molecule has 1 aromatic heterocycles. The number of furan rings is 1. The fourth-order valence-electron chi connectivity index (χ4n) is 6.30. The Labute approximate surface area is 305 Å². The molecule has 1 atom stereocenters. The van der Waals surface area contributed by atoms with Gasteiger partial charge in [-0.1, -0.05) is 135 Å². The normalized spacial score (nSPS) is 24.2. The highest BCUT2D eigenvalue weighted by atomic mass is 16.3. The number of hydrogen-bond acceptors (Lipinski definition) is 1. The van der Waals surface area contributed by atoms with Gasteiger partial charge in [0.25, 0.3) is 0 Å². The van der Waals surface area contributed by atoms with E-state index in [1.54, 1.807) is 0 Å². The summed E-state index contributed by atoms with van der Waals surface area (Å²) >= 11 is 0. The molecule has 0 aliphatic heterocycles. The molecular formula is C45H30O. The molecule has 1 aliphatic rings. The van der Waals surface area contributed by atoms with Gasteiger partial charge in [-0.2, -0.15) is 0 Å². The van der Waals surface area contributed by atoms with Gasteiger partial charge in [0.05, 0.1) is 32.9 Å². The highest BCUT2D eigenvalue weighted by Gasteiger charge is 2.35.